The molecule has 2 aromatic carbocycles. The minimum atomic E-state index is -0.0968. The standard InChI is InChI=1S/C28H30N4O/c1-19-9-11-21(12-10-19)28(33)31-22-13-14-24-23(18-22)26(20(2)30-24)27(25-8-4-5-15-29-25)32-16-6-3-7-17-32/h4-5,8-15,18,27,30H,3,6-7,16-17H2,1-2H3,(H,31,33)/t27-/m1/s1. The molecule has 1 aliphatic rings. The summed E-state index contributed by atoms with van der Waals surface area (Å²) in [5.41, 5.74) is 7.13. The van der Waals surface area contributed by atoms with Crippen molar-refractivity contribution in [3.05, 3.63) is 94.9 Å². The first-order valence-corrected chi connectivity index (χ1v) is 11.8. The number of hydrogen-bond acceptors (Lipinski definition) is 3. The van der Waals surface area contributed by atoms with E-state index in [-0.39, 0.29) is 11.9 Å². The Bertz CT molecular complexity index is 1250. The molecule has 5 nitrogen and oxygen atoms in total. The smallest absolute Gasteiger partial charge is 0.255 e. The quantitative estimate of drug-likeness (QED) is 0.401. The van der Waals surface area contributed by atoms with Crippen LogP contribution in [0.25, 0.3) is 10.9 Å². The predicted molar refractivity (Wildman–Crippen MR) is 134 cm³/mol. The van der Waals surface area contributed by atoms with Crippen LogP contribution in [-0.2, 0) is 0 Å². The van der Waals surface area contributed by atoms with Gasteiger partial charge in [0, 0.05) is 39.6 Å². The van der Waals surface area contributed by atoms with Gasteiger partial charge in [0.2, 0.25) is 0 Å². The van der Waals surface area contributed by atoms with Gasteiger partial charge in [0.25, 0.3) is 5.91 Å². The maximum absolute atomic E-state index is 12.8. The minimum Gasteiger partial charge on any atom is -0.358 e. The maximum Gasteiger partial charge on any atom is 0.255 e. The maximum atomic E-state index is 12.8. The number of carbonyl (C=O) groups excluding carboxylic acids is 1. The Balaban J connectivity index is 1.54. The fourth-order valence-corrected chi connectivity index (χ4v) is 4.92. The van der Waals surface area contributed by atoms with E-state index in [2.05, 4.69) is 46.4 Å². The monoisotopic (exact) mass is 438 g/mol. The number of benzene rings is 2. The Morgan fingerprint density at radius 3 is 2.52 bits per heavy atom. The SMILES string of the molecule is Cc1ccc(C(=O)Nc2ccc3[nH]c(C)c([C@@H](c4ccccn4)N4CCCCC4)c3c2)cc1. The fraction of sp³-hybridized carbons (Fsp3) is 0.286. The van der Waals surface area contributed by atoms with Crippen LogP contribution in [0.5, 0.6) is 0 Å². The number of aromatic amines is 1. The van der Waals surface area contributed by atoms with Crippen LogP contribution in [0.15, 0.2) is 66.9 Å². The van der Waals surface area contributed by atoms with E-state index >= 15 is 0 Å². The molecule has 1 aliphatic heterocycles. The van der Waals surface area contributed by atoms with Gasteiger partial charge in [0.15, 0.2) is 0 Å². The molecule has 1 saturated heterocycles. The van der Waals surface area contributed by atoms with E-state index in [0.717, 1.165) is 46.6 Å². The Morgan fingerprint density at radius 2 is 1.79 bits per heavy atom. The Kier molecular flexibility index (Phi) is 5.97. The highest BCUT2D eigenvalue weighted by Gasteiger charge is 2.29. The third-order valence-corrected chi connectivity index (χ3v) is 6.60. The molecule has 1 amide bonds. The highest BCUT2D eigenvalue weighted by atomic mass is 16.1. The molecule has 0 unspecified atom stereocenters. The van der Waals surface area contributed by atoms with Crippen molar-refractivity contribution in [2.75, 3.05) is 18.4 Å². The number of nitrogens with zero attached hydrogens (tertiary/aromatic N) is 2. The van der Waals surface area contributed by atoms with E-state index in [1.54, 1.807) is 0 Å². The van der Waals surface area contributed by atoms with Gasteiger partial charge in [-0.3, -0.25) is 14.7 Å². The second-order valence-corrected chi connectivity index (χ2v) is 9.00. The molecule has 5 rings (SSSR count). The Labute approximate surface area is 194 Å². The van der Waals surface area contributed by atoms with Crippen molar-refractivity contribution in [2.45, 2.75) is 39.2 Å². The van der Waals surface area contributed by atoms with Crippen LogP contribution >= 0.6 is 0 Å². The first kappa shape index (κ1) is 21.4. The molecule has 5 heteroatoms. The third kappa shape index (κ3) is 4.41. The topological polar surface area (TPSA) is 61.0 Å². The summed E-state index contributed by atoms with van der Waals surface area (Å²) in [5.74, 6) is -0.0968. The van der Waals surface area contributed by atoms with Crippen molar-refractivity contribution < 1.29 is 4.79 Å². The zero-order chi connectivity index (χ0) is 22.8. The van der Waals surface area contributed by atoms with Gasteiger partial charge in [0.05, 0.1) is 11.7 Å². The normalized spacial score (nSPS) is 15.5. The number of carbonyl (C=O) groups is 1. The molecule has 168 valence electrons. The average Bonchev–Trinajstić information content (AvgIpc) is 3.16. The van der Waals surface area contributed by atoms with Crippen LogP contribution in [0.4, 0.5) is 5.69 Å². The summed E-state index contributed by atoms with van der Waals surface area (Å²) < 4.78 is 0. The largest absolute Gasteiger partial charge is 0.358 e. The molecule has 0 saturated carbocycles. The van der Waals surface area contributed by atoms with E-state index in [0.29, 0.717) is 5.56 Å². The second kappa shape index (κ2) is 9.20. The van der Waals surface area contributed by atoms with Crippen LogP contribution in [0.1, 0.15) is 58.2 Å². The van der Waals surface area contributed by atoms with Gasteiger partial charge in [-0.2, -0.15) is 0 Å². The molecule has 0 spiro atoms. The summed E-state index contributed by atoms with van der Waals surface area (Å²) in [6.07, 6.45) is 5.59. The summed E-state index contributed by atoms with van der Waals surface area (Å²) in [6.45, 7) is 6.29. The van der Waals surface area contributed by atoms with Gasteiger partial charge < -0.3 is 10.3 Å². The first-order valence-electron chi connectivity index (χ1n) is 11.8. The molecular weight excluding hydrogens is 408 g/mol. The number of likely N-dealkylation sites (tertiary alicyclic amines) is 1. The van der Waals surface area contributed by atoms with E-state index in [9.17, 15) is 4.79 Å². The highest BCUT2D eigenvalue weighted by Crippen LogP contribution is 2.37. The molecule has 1 fully saturated rings. The first-order chi connectivity index (χ1) is 16.1. The predicted octanol–water partition coefficient (Wildman–Crippen LogP) is 6.01. The van der Waals surface area contributed by atoms with Crippen molar-refractivity contribution in [1.29, 1.82) is 0 Å². The van der Waals surface area contributed by atoms with Crippen LogP contribution in [0.3, 0.4) is 0 Å². The molecular formula is C28H30N4O. The summed E-state index contributed by atoms with van der Waals surface area (Å²) in [4.78, 5) is 23.7. The fourth-order valence-electron chi connectivity index (χ4n) is 4.92. The van der Waals surface area contributed by atoms with Gasteiger partial charge in [0.1, 0.15) is 0 Å². The molecule has 2 N–H and O–H groups in total. The number of piperidine rings is 1. The summed E-state index contributed by atoms with van der Waals surface area (Å²) in [5, 5.41) is 4.22. The minimum absolute atomic E-state index is 0.0864. The second-order valence-electron chi connectivity index (χ2n) is 9.00. The number of amides is 1. The number of hydrogen-bond donors (Lipinski definition) is 2. The van der Waals surface area contributed by atoms with E-state index in [1.165, 1.54) is 24.8 Å². The summed E-state index contributed by atoms with van der Waals surface area (Å²) in [7, 11) is 0. The zero-order valence-corrected chi connectivity index (χ0v) is 19.3. The molecule has 0 radical (unpaired) electrons. The summed E-state index contributed by atoms with van der Waals surface area (Å²) >= 11 is 0. The van der Waals surface area contributed by atoms with Crippen molar-refractivity contribution in [2.24, 2.45) is 0 Å². The zero-order valence-electron chi connectivity index (χ0n) is 19.3. The van der Waals surface area contributed by atoms with Crippen LogP contribution < -0.4 is 5.32 Å². The highest BCUT2D eigenvalue weighted by molar-refractivity contribution is 6.05. The van der Waals surface area contributed by atoms with Gasteiger partial charge in [-0.25, -0.2) is 0 Å². The molecule has 0 aliphatic carbocycles. The molecule has 4 aromatic rings. The molecule has 0 bridgehead atoms. The molecule has 1 atom stereocenters. The lowest BCUT2D eigenvalue weighted by atomic mass is 9.95. The lowest BCUT2D eigenvalue weighted by Crippen LogP contribution is -2.35. The van der Waals surface area contributed by atoms with E-state index in [1.807, 2.05) is 49.5 Å². The van der Waals surface area contributed by atoms with Gasteiger partial charge >= 0.3 is 0 Å². The number of aromatic nitrogens is 2. The molecule has 3 heterocycles. The Hall–Kier alpha value is -3.44. The third-order valence-electron chi connectivity index (χ3n) is 6.60. The van der Waals surface area contributed by atoms with E-state index < -0.39 is 0 Å². The van der Waals surface area contributed by atoms with Gasteiger partial charge in [-0.1, -0.05) is 30.2 Å². The van der Waals surface area contributed by atoms with E-state index in [4.69, 9.17) is 4.98 Å². The van der Waals surface area contributed by atoms with Crippen molar-refractivity contribution in [1.82, 2.24) is 14.9 Å². The van der Waals surface area contributed by atoms with Gasteiger partial charge in [-0.15, -0.1) is 0 Å². The number of pyridine rings is 1. The van der Waals surface area contributed by atoms with Crippen molar-refractivity contribution in [3.63, 3.8) is 0 Å². The number of fused-ring (bicyclic) bond motifs is 1. The van der Waals surface area contributed by atoms with Crippen LogP contribution in [-0.4, -0.2) is 33.9 Å². The number of anilines is 1. The average molecular weight is 439 g/mol. The van der Waals surface area contributed by atoms with Gasteiger partial charge in [-0.05, 0) is 82.2 Å². The molecule has 2 aromatic heterocycles. The van der Waals surface area contributed by atoms with Crippen LogP contribution in [0.2, 0.25) is 0 Å². The number of nitrogens with one attached hydrogen (secondary N) is 2. The number of rotatable bonds is 5. The van der Waals surface area contributed by atoms with Crippen molar-refractivity contribution in [3.8, 4) is 0 Å². The number of aryl methyl sites for hydroxylation is 2. The summed E-state index contributed by atoms with van der Waals surface area (Å²) in [6, 6.07) is 20.0. The lowest BCUT2D eigenvalue weighted by molar-refractivity contribution is 0.102. The Morgan fingerprint density at radius 1 is 1.00 bits per heavy atom. The van der Waals surface area contributed by atoms with Crippen molar-refractivity contribution >= 4 is 22.5 Å². The van der Waals surface area contributed by atoms with Crippen LogP contribution in [0, 0.1) is 13.8 Å². The number of H-pyrrole nitrogens is 1. The lowest BCUT2D eigenvalue weighted by Gasteiger charge is -2.34. The molecule has 33 heavy (non-hydrogen) atoms.